The van der Waals surface area contributed by atoms with Crippen LogP contribution in [-0.2, 0) is 4.79 Å². The Kier molecular flexibility index (Phi) is 4.34. The molecule has 1 atom stereocenters. The Morgan fingerprint density at radius 3 is 2.53 bits per heavy atom. The van der Waals surface area contributed by atoms with Gasteiger partial charge in [0.1, 0.15) is 11.6 Å². The molecule has 94 valence electrons. The fraction of sp³-hybridized carbons (Fsp3) is 0.714. The first kappa shape index (κ1) is 13.8. The van der Waals surface area contributed by atoms with Crippen molar-refractivity contribution in [3.05, 3.63) is 11.6 Å². The summed E-state index contributed by atoms with van der Waals surface area (Å²) >= 11 is 0. The maximum Gasteiger partial charge on any atom is 0.264 e. The molecular formula is C14H22N2O. The number of rotatable bonds is 1. The van der Waals surface area contributed by atoms with Crippen molar-refractivity contribution in [1.29, 1.82) is 5.26 Å². The van der Waals surface area contributed by atoms with E-state index in [1.54, 1.807) is 6.08 Å². The van der Waals surface area contributed by atoms with Crippen molar-refractivity contribution < 1.29 is 4.79 Å². The largest absolute Gasteiger partial charge is 0.335 e. The lowest BCUT2D eigenvalue weighted by Gasteiger charge is -2.33. The van der Waals surface area contributed by atoms with Gasteiger partial charge in [0.25, 0.3) is 5.91 Å². The van der Waals surface area contributed by atoms with Crippen LogP contribution in [-0.4, -0.2) is 23.4 Å². The Balaban J connectivity index is 2.87. The van der Waals surface area contributed by atoms with E-state index in [1.165, 1.54) is 6.42 Å². The minimum atomic E-state index is -0.139. The molecule has 1 heterocycles. The topological polar surface area (TPSA) is 44.1 Å². The molecule has 0 aromatic rings. The van der Waals surface area contributed by atoms with Crippen LogP contribution >= 0.6 is 0 Å². The molecule has 1 saturated heterocycles. The lowest BCUT2D eigenvalue weighted by molar-refractivity contribution is -0.129. The average molecular weight is 234 g/mol. The first-order chi connectivity index (χ1) is 7.85. The minimum Gasteiger partial charge on any atom is -0.335 e. The second-order valence-electron chi connectivity index (χ2n) is 5.88. The zero-order chi connectivity index (χ0) is 13.1. The third-order valence-electron chi connectivity index (χ3n) is 2.99. The molecule has 1 rings (SSSR count). The standard InChI is InChI=1S/C14H22N2O/c1-11-7-5-6-8-16(11)13(17)12(10-15)9-14(2,3)4/h9,11H,5-8H2,1-4H3/b12-9+/t11-/m1/s1. The summed E-state index contributed by atoms with van der Waals surface area (Å²) in [5, 5.41) is 9.11. The van der Waals surface area contributed by atoms with Crippen LogP contribution < -0.4 is 0 Å². The molecule has 0 saturated carbocycles. The molecule has 17 heavy (non-hydrogen) atoms. The highest BCUT2D eigenvalue weighted by molar-refractivity contribution is 5.97. The number of nitriles is 1. The summed E-state index contributed by atoms with van der Waals surface area (Å²) in [6.07, 6.45) is 5.04. The van der Waals surface area contributed by atoms with E-state index in [-0.39, 0.29) is 22.9 Å². The average Bonchev–Trinajstić information content (AvgIpc) is 2.24. The Hall–Kier alpha value is -1.30. The SMILES string of the molecule is C[C@@H]1CCCCN1C(=O)/C(C#N)=C/C(C)(C)C. The van der Waals surface area contributed by atoms with Crippen LogP contribution in [0, 0.1) is 16.7 Å². The summed E-state index contributed by atoms with van der Waals surface area (Å²) in [4.78, 5) is 14.1. The van der Waals surface area contributed by atoms with Gasteiger partial charge >= 0.3 is 0 Å². The normalized spacial score (nSPS) is 22.2. The number of piperidine rings is 1. The van der Waals surface area contributed by atoms with Crippen molar-refractivity contribution in [2.45, 2.75) is 53.0 Å². The molecule has 1 aliphatic heterocycles. The molecular weight excluding hydrogens is 212 g/mol. The first-order valence-electron chi connectivity index (χ1n) is 6.29. The van der Waals surface area contributed by atoms with E-state index in [2.05, 4.69) is 6.92 Å². The van der Waals surface area contributed by atoms with E-state index in [0.29, 0.717) is 0 Å². The molecule has 3 heteroatoms. The Morgan fingerprint density at radius 1 is 1.41 bits per heavy atom. The molecule has 0 aliphatic carbocycles. The zero-order valence-electron chi connectivity index (χ0n) is 11.3. The van der Waals surface area contributed by atoms with E-state index in [0.717, 1.165) is 19.4 Å². The lowest BCUT2D eigenvalue weighted by Crippen LogP contribution is -2.42. The maximum absolute atomic E-state index is 12.3. The number of nitrogens with zero attached hydrogens (tertiary/aromatic N) is 2. The van der Waals surface area contributed by atoms with Crippen LogP contribution in [0.5, 0.6) is 0 Å². The van der Waals surface area contributed by atoms with E-state index in [4.69, 9.17) is 5.26 Å². The summed E-state index contributed by atoms with van der Waals surface area (Å²) in [5.74, 6) is -0.102. The van der Waals surface area contributed by atoms with Gasteiger partial charge in [0.2, 0.25) is 0 Å². The molecule has 0 aromatic heterocycles. The van der Waals surface area contributed by atoms with Gasteiger partial charge in [0.15, 0.2) is 0 Å². The van der Waals surface area contributed by atoms with E-state index < -0.39 is 0 Å². The van der Waals surface area contributed by atoms with Gasteiger partial charge in [0, 0.05) is 12.6 Å². The Labute approximate surface area is 104 Å². The van der Waals surface area contributed by atoms with Gasteiger partial charge in [-0.2, -0.15) is 5.26 Å². The number of hydrogen-bond donors (Lipinski definition) is 0. The van der Waals surface area contributed by atoms with Crippen LogP contribution in [0.25, 0.3) is 0 Å². The van der Waals surface area contributed by atoms with Crippen molar-refractivity contribution in [3.8, 4) is 6.07 Å². The van der Waals surface area contributed by atoms with E-state index in [1.807, 2.05) is 31.7 Å². The highest BCUT2D eigenvalue weighted by atomic mass is 16.2. The second-order valence-corrected chi connectivity index (χ2v) is 5.88. The van der Waals surface area contributed by atoms with Gasteiger partial charge in [-0.05, 0) is 31.6 Å². The fourth-order valence-corrected chi connectivity index (χ4v) is 2.13. The van der Waals surface area contributed by atoms with Crippen LogP contribution in [0.1, 0.15) is 47.0 Å². The van der Waals surface area contributed by atoms with Gasteiger partial charge in [0.05, 0.1) is 0 Å². The van der Waals surface area contributed by atoms with Gasteiger partial charge in [-0.3, -0.25) is 4.79 Å². The van der Waals surface area contributed by atoms with Crippen molar-refractivity contribution in [2.75, 3.05) is 6.54 Å². The molecule has 0 aromatic carbocycles. The van der Waals surface area contributed by atoms with Crippen LogP contribution in [0.15, 0.2) is 11.6 Å². The highest BCUT2D eigenvalue weighted by Gasteiger charge is 2.26. The van der Waals surface area contributed by atoms with Crippen LogP contribution in [0.2, 0.25) is 0 Å². The second kappa shape index (κ2) is 5.35. The van der Waals surface area contributed by atoms with Gasteiger partial charge in [-0.1, -0.05) is 26.8 Å². The summed E-state index contributed by atoms with van der Waals surface area (Å²) in [6, 6.07) is 2.30. The number of hydrogen-bond acceptors (Lipinski definition) is 2. The lowest BCUT2D eigenvalue weighted by atomic mass is 9.93. The quantitative estimate of drug-likeness (QED) is 0.517. The van der Waals surface area contributed by atoms with Gasteiger partial charge in [-0.15, -0.1) is 0 Å². The summed E-state index contributed by atoms with van der Waals surface area (Å²) in [6.45, 7) is 8.83. The molecule has 0 unspecified atom stereocenters. The van der Waals surface area contributed by atoms with Crippen LogP contribution in [0.3, 0.4) is 0 Å². The number of allylic oxidation sites excluding steroid dienone is 1. The summed E-state index contributed by atoms with van der Waals surface area (Å²) in [5.41, 5.74) is 0.144. The number of carbonyl (C=O) groups excluding carboxylic acids is 1. The number of likely N-dealkylation sites (tertiary alicyclic amines) is 1. The van der Waals surface area contributed by atoms with Gasteiger partial charge < -0.3 is 4.90 Å². The third kappa shape index (κ3) is 3.89. The predicted octanol–water partition coefficient (Wildman–Crippen LogP) is 2.88. The molecule has 1 aliphatic rings. The predicted molar refractivity (Wildman–Crippen MR) is 68.2 cm³/mol. The molecule has 0 radical (unpaired) electrons. The van der Waals surface area contributed by atoms with E-state index in [9.17, 15) is 4.79 Å². The molecule has 1 fully saturated rings. The third-order valence-corrected chi connectivity index (χ3v) is 2.99. The van der Waals surface area contributed by atoms with E-state index >= 15 is 0 Å². The number of amides is 1. The smallest absolute Gasteiger partial charge is 0.264 e. The van der Waals surface area contributed by atoms with Crippen LogP contribution in [0.4, 0.5) is 0 Å². The maximum atomic E-state index is 12.3. The highest BCUT2D eigenvalue weighted by Crippen LogP contribution is 2.22. The minimum absolute atomic E-state index is 0.102. The zero-order valence-corrected chi connectivity index (χ0v) is 11.3. The number of carbonyl (C=O) groups is 1. The Morgan fingerprint density at radius 2 is 2.06 bits per heavy atom. The van der Waals surface area contributed by atoms with Crippen molar-refractivity contribution in [3.63, 3.8) is 0 Å². The molecule has 0 spiro atoms. The molecule has 3 nitrogen and oxygen atoms in total. The van der Waals surface area contributed by atoms with Crippen molar-refractivity contribution >= 4 is 5.91 Å². The molecule has 0 bridgehead atoms. The van der Waals surface area contributed by atoms with Crippen molar-refractivity contribution in [1.82, 2.24) is 4.90 Å². The first-order valence-corrected chi connectivity index (χ1v) is 6.29. The fourth-order valence-electron chi connectivity index (χ4n) is 2.13. The van der Waals surface area contributed by atoms with Gasteiger partial charge in [-0.25, -0.2) is 0 Å². The molecule has 1 amide bonds. The monoisotopic (exact) mass is 234 g/mol. The summed E-state index contributed by atoms with van der Waals surface area (Å²) in [7, 11) is 0. The summed E-state index contributed by atoms with van der Waals surface area (Å²) < 4.78 is 0. The van der Waals surface area contributed by atoms with Crippen molar-refractivity contribution in [2.24, 2.45) is 5.41 Å². The molecule has 0 N–H and O–H groups in total. The Bertz CT molecular complexity index is 357.